The third-order valence-corrected chi connectivity index (χ3v) is 4.34. The van der Waals surface area contributed by atoms with Crippen molar-refractivity contribution in [2.45, 2.75) is 90.1 Å². The van der Waals surface area contributed by atoms with Gasteiger partial charge in [-0.2, -0.15) is 0 Å². The maximum Gasteiger partial charge on any atom is 0.314 e. The summed E-state index contributed by atoms with van der Waals surface area (Å²) in [5.41, 5.74) is 4.74. The first-order chi connectivity index (χ1) is 11.3. The predicted molar refractivity (Wildman–Crippen MR) is 95.9 cm³/mol. The molecular weight excluding hydrogens is 308 g/mol. The summed E-state index contributed by atoms with van der Waals surface area (Å²) in [7, 11) is 0. The standard InChI is InChI=1S/C18H36N2O4/c1-3-4-8-12-18(2,24)13-10-15-20(17(19)23)14-9-6-5-7-11-16(21)22/h24H,3-15H2,1-2H3,(H2,19,23)(H,21,22)/t18-/m1/s1. The van der Waals surface area contributed by atoms with Crippen LogP contribution in [0.15, 0.2) is 0 Å². The van der Waals surface area contributed by atoms with E-state index in [-0.39, 0.29) is 6.42 Å². The highest BCUT2D eigenvalue weighted by molar-refractivity contribution is 5.71. The first-order valence-corrected chi connectivity index (χ1v) is 9.27. The average Bonchev–Trinajstić information content (AvgIpc) is 2.48. The number of hydrogen-bond acceptors (Lipinski definition) is 3. The van der Waals surface area contributed by atoms with Crippen molar-refractivity contribution in [1.29, 1.82) is 0 Å². The Bertz CT molecular complexity index is 359. The summed E-state index contributed by atoms with van der Waals surface area (Å²) < 4.78 is 0. The highest BCUT2D eigenvalue weighted by atomic mass is 16.4. The third-order valence-electron chi connectivity index (χ3n) is 4.34. The second-order valence-electron chi connectivity index (χ2n) is 6.94. The van der Waals surface area contributed by atoms with Gasteiger partial charge in [0.25, 0.3) is 0 Å². The second kappa shape index (κ2) is 13.0. The van der Waals surface area contributed by atoms with Crippen LogP contribution in [0.4, 0.5) is 4.79 Å². The van der Waals surface area contributed by atoms with Crippen LogP contribution in [0, 0.1) is 0 Å². The van der Waals surface area contributed by atoms with Gasteiger partial charge in [-0.05, 0) is 39.0 Å². The molecule has 6 nitrogen and oxygen atoms in total. The molecule has 0 aromatic heterocycles. The number of urea groups is 1. The third kappa shape index (κ3) is 13.2. The molecule has 142 valence electrons. The van der Waals surface area contributed by atoms with Crippen molar-refractivity contribution in [2.24, 2.45) is 5.73 Å². The fraction of sp³-hybridized carbons (Fsp3) is 0.889. The monoisotopic (exact) mass is 344 g/mol. The molecule has 0 fully saturated rings. The first-order valence-electron chi connectivity index (χ1n) is 9.27. The highest BCUT2D eigenvalue weighted by Gasteiger charge is 2.20. The molecule has 0 unspecified atom stereocenters. The Labute approximate surface area is 146 Å². The molecule has 0 aliphatic heterocycles. The van der Waals surface area contributed by atoms with E-state index < -0.39 is 17.6 Å². The number of primary amides is 1. The van der Waals surface area contributed by atoms with E-state index in [1.54, 1.807) is 4.90 Å². The van der Waals surface area contributed by atoms with E-state index in [9.17, 15) is 14.7 Å². The molecule has 0 aromatic rings. The maximum absolute atomic E-state index is 11.5. The molecule has 0 spiro atoms. The van der Waals surface area contributed by atoms with Crippen LogP contribution in [0.2, 0.25) is 0 Å². The zero-order chi connectivity index (χ0) is 18.4. The van der Waals surface area contributed by atoms with Crippen molar-refractivity contribution in [3.63, 3.8) is 0 Å². The van der Waals surface area contributed by atoms with Gasteiger partial charge in [-0.3, -0.25) is 4.79 Å². The van der Waals surface area contributed by atoms with Crippen LogP contribution in [0.5, 0.6) is 0 Å². The van der Waals surface area contributed by atoms with E-state index in [1.807, 2.05) is 6.92 Å². The van der Waals surface area contributed by atoms with Gasteiger partial charge >= 0.3 is 12.0 Å². The predicted octanol–water partition coefficient (Wildman–Crippen LogP) is 3.51. The summed E-state index contributed by atoms with van der Waals surface area (Å²) >= 11 is 0. The molecule has 0 saturated carbocycles. The molecule has 0 aliphatic carbocycles. The van der Waals surface area contributed by atoms with Crippen LogP contribution in [-0.4, -0.2) is 45.8 Å². The Balaban J connectivity index is 3.91. The second-order valence-corrected chi connectivity index (χ2v) is 6.94. The molecular formula is C18H36N2O4. The summed E-state index contributed by atoms with van der Waals surface area (Å²) in [6.07, 6.45) is 8.94. The average molecular weight is 344 g/mol. The number of carboxylic acid groups (broad SMARTS) is 1. The highest BCUT2D eigenvalue weighted by Crippen LogP contribution is 2.20. The summed E-state index contributed by atoms with van der Waals surface area (Å²) in [5.74, 6) is -0.764. The number of carbonyl (C=O) groups is 2. The van der Waals surface area contributed by atoms with Crippen molar-refractivity contribution in [1.82, 2.24) is 4.90 Å². The van der Waals surface area contributed by atoms with E-state index in [0.717, 1.165) is 51.4 Å². The Hall–Kier alpha value is -1.30. The van der Waals surface area contributed by atoms with Crippen LogP contribution in [0.3, 0.4) is 0 Å². The van der Waals surface area contributed by atoms with Crippen LogP contribution in [-0.2, 0) is 4.79 Å². The molecule has 0 heterocycles. The van der Waals surface area contributed by atoms with Crippen molar-refractivity contribution >= 4 is 12.0 Å². The zero-order valence-electron chi connectivity index (χ0n) is 15.4. The first kappa shape index (κ1) is 22.7. The minimum absolute atomic E-state index is 0.201. The Morgan fingerprint density at radius 2 is 1.54 bits per heavy atom. The molecule has 4 N–H and O–H groups in total. The molecule has 0 rings (SSSR count). The molecule has 0 aromatic carbocycles. The number of nitrogens with two attached hydrogens (primary N) is 1. The lowest BCUT2D eigenvalue weighted by Gasteiger charge is -2.26. The van der Waals surface area contributed by atoms with Crippen molar-refractivity contribution in [3.05, 3.63) is 0 Å². The lowest BCUT2D eigenvalue weighted by atomic mass is 9.93. The Morgan fingerprint density at radius 1 is 0.958 bits per heavy atom. The SMILES string of the molecule is CCCCC[C@@](C)(O)CCCN(CCCCCCC(=O)O)C(N)=O. The quantitative estimate of drug-likeness (QED) is 0.395. The lowest BCUT2D eigenvalue weighted by molar-refractivity contribution is -0.137. The normalized spacial score (nSPS) is 13.5. The molecule has 6 heteroatoms. The van der Waals surface area contributed by atoms with Gasteiger partial charge in [0, 0.05) is 19.5 Å². The molecule has 0 saturated heterocycles. The number of carbonyl (C=O) groups excluding carboxylic acids is 1. The topological polar surface area (TPSA) is 104 Å². The molecule has 0 bridgehead atoms. The van der Waals surface area contributed by atoms with Crippen LogP contribution < -0.4 is 5.73 Å². The van der Waals surface area contributed by atoms with Crippen LogP contribution >= 0.6 is 0 Å². The van der Waals surface area contributed by atoms with Gasteiger partial charge in [-0.25, -0.2) is 4.79 Å². The van der Waals surface area contributed by atoms with Crippen molar-refractivity contribution in [3.8, 4) is 0 Å². The van der Waals surface area contributed by atoms with E-state index in [4.69, 9.17) is 10.8 Å². The minimum atomic E-state index is -0.764. The van der Waals surface area contributed by atoms with E-state index in [1.165, 1.54) is 0 Å². The number of aliphatic hydroxyl groups is 1. The van der Waals surface area contributed by atoms with E-state index in [2.05, 4.69) is 6.92 Å². The van der Waals surface area contributed by atoms with Crippen LogP contribution in [0.25, 0.3) is 0 Å². The molecule has 0 aliphatic rings. The van der Waals surface area contributed by atoms with Gasteiger partial charge in [-0.1, -0.05) is 39.0 Å². The van der Waals surface area contributed by atoms with Crippen molar-refractivity contribution < 1.29 is 19.8 Å². The van der Waals surface area contributed by atoms with E-state index in [0.29, 0.717) is 25.9 Å². The number of aliphatic carboxylic acids is 1. The minimum Gasteiger partial charge on any atom is -0.481 e. The fourth-order valence-corrected chi connectivity index (χ4v) is 2.80. The Kier molecular flexibility index (Phi) is 12.3. The summed E-state index contributed by atoms with van der Waals surface area (Å²) in [6, 6.07) is -0.425. The maximum atomic E-state index is 11.5. The van der Waals surface area contributed by atoms with Gasteiger partial charge in [-0.15, -0.1) is 0 Å². The largest absolute Gasteiger partial charge is 0.481 e. The Morgan fingerprint density at radius 3 is 2.12 bits per heavy atom. The molecule has 2 amide bonds. The van der Waals surface area contributed by atoms with Gasteiger partial charge in [0.05, 0.1) is 5.60 Å². The molecule has 24 heavy (non-hydrogen) atoms. The fourth-order valence-electron chi connectivity index (χ4n) is 2.80. The number of hydrogen-bond donors (Lipinski definition) is 3. The number of amides is 2. The lowest BCUT2D eigenvalue weighted by Crippen LogP contribution is -2.38. The number of carboxylic acids is 1. The molecule has 0 radical (unpaired) electrons. The number of unbranched alkanes of at least 4 members (excludes halogenated alkanes) is 5. The smallest absolute Gasteiger partial charge is 0.314 e. The van der Waals surface area contributed by atoms with Gasteiger partial charge in [0.15, 0.2) is 0 Å². The van der Waals surface area contributed by atoms with Crippen LogP contribution in [0.1, 0.15) is 84.5 Å². The van der Waals surface area contributed by atoms with Gasteiger partial charge in [0.2, 0.25) is 0 Å². The molecule has 1 atom stereocenters. The van der Waals surface area contributed by atoms with Crippen molar-refractivity contribution in [2.75, 3.05) is 13.1 Å². The van der Waals surface area contributed by atoms with Gasteiger partial charge in [0.1, 0.15) is 0 Å². The van der Waals surface area contributed by atoms with Gasteiger partial charge < -0.3 is 20.8 Å². The zero-order valence-corrected chi connectivity index (χ0v) is 15.4. The number of nitrogens with zero attached hydrogens (tertiary/aromatic N) is 1. The summed E-state index contributed by atoms with van der Waals surface area (Å²) in [5, 5.41) is 18.9. The summed E-state index contributed by atoms with van der Waals surface area (Å²) in [4.78, 5) is 23.5. The van der Waals surface area contributed by atoms with E-state index >= 15 is 0 Å². The summed E-state index contributed by atoms with van der Waals surface area (Å²) in [6.45, 7) is 5.16. The number of rotatable bonds is 15.